The number of nitrogens with one attached hydrogen (secondary N) is 2. The van der Waals surface area contributed by atoms with Crippen LogP contribution in [-0.2, 0) is 23.4 Å². The molecular formula is C30H34N12O3. The van der Waals surface area contributed by atoms with Crippen LogP contribution in [0.1, 0.15) is 51.2 Å². The van der Waals surface area contributed by atoms with Crippen molar-refractivity contribution >= 4 is 28.5 Å². The third-order valence-corrected chi connectivity index (χ3v) is 7.73. The molecular weight excluding hydrogens is 576 g/mol. The highest BCUT2D eigenvalue weighted by Gasteiger charge is 2.41. The second kappa shape index (κ2) is 11.9. The van der Waals surface area contributed by atoms with E-state index in [4.69, 9.17) is 9.84 Å². The summed E-state index contributed by atoms with van der Waals surface area (Å²) in [7, 11) is 0. The van der Waals surface area contributed by atoms with Crippen LogP contribution in [0.2, 0.25) is 0 Å². The van der Waals surface area contributed by atoms with E-state index in [0.717, 1.165) is 11.1 Å². The van der Waals surface area contributed by atoms with Crippen molar-refractivity contribution in [1.29, 1.82) is 5.26 Å². The normalized spacial score (nSPS) is 14.8. The van der Waals surface area contributed by atoms with E-state index in [0.29, 0.717) is 61.4 Å². The lowest BCUT2D eigenvalue weighted by molar-refractivity contribution is 0.0110. The van der Waals surface area contributed by atoms with E-state index in [2.05, 4.69) is 36.9 Å². The lowest BCUT2D eigenvalue weighted by Gasteiger charge is -2.41. The van der Waals surface area contributed by atoms with Gasteiger partial charge in [0, 0.05) is 31.2 Å². The molecule has 6 rings (SSSR count). The first-order chi connectivity index (χ1) is 21.6. The minimum Gasteiger partial charge on any atom is -0.444 e. The number of aromatic nitrogens is 9. The van der Waals surface area contributed by atoms with Crippen LogP contribution in [0.15, 0.2) is 60.0 Å². The Morgan fingerprint density at radius 1 is 1.11 bits per heavy atom. The number of rotatable bonds is 8. The lowest BCUT2D eigenvalue weighted by Crippen LogP contribution is -2.49. The number of pyridine rings is 1. The maximum Gasteiger partial charge on any atom is 0.410 e. The number of amides is 1. The van der Waals surface area contributed by atoms with Gasteiger partial charge in [-0.05, 0) is 62.9 Å². The molecule has 232 valence electrons. The first kappa shape index (κ1) is 29.5. The molecule has 1 fully saturated rings. The summed E-state index contributed by atoms with van der Waals surface area (Å²) in [5, 5.41) is 35.1. The van der Waals surface area contributed by atoms with E-state index < -0.39 is 11.1 Å². The Balaban J connectivity index is 1.36. The van der Waals surface area contributed by atoms with Crippen molar-refractivity contribution in [2.24, 2.45) is 0 Å². The van der Waals surface area contributed by atoms with E-state index in [9.17, 15) is 14.9 Å². The number of hydrogen-bond donors (Lipinski definition) is 2. The zero-order chi connectivity index (χ0) is 31.6. The van der Waals surface area contributed by atoms with Crippen LogP contribution in [0, 0.1) is 11.3 Å². The van der Waals surface area contributed by atoms with Gasteiger partial charge in [-0.2, -0.15) is 25.4 Å². The maximum absolute atomic E-state index is 13.3. The molecule has 5 aromatic rings. The Morgan fingerprint density at radius 3 is 2.51 bits per heavy atom. The molecule has 1 saturated heterocycles. The number of piperidine rings is 1. The number of hydrogen-bond acceptors (Lipinski definition) is 10. The molecule has 0 atom stereocenters. The summed E-state index contributed by atoms with van der Waals surface area (Å²) in [6, 6.07) is 10.1. The molecule has 15 nitrogen and oxygen atoms in total. The van der Waals surface area contributed by atoms with Crippen molar-refractivity contribution in [2.45, 2.75) is 64.3 Å². The van der Waals surface area contributed by atoms with Gasteiger partial charge in [0.05, 0.1) is 55.2 Å². The van der Waals surface area contributed by atoms with Crippen molar-refractivity contribution in [3.05, 3.63) is 76.7 Å². The van der Waals surface area contributed by atoms with Crippen LogP contribution >= 0.6 is 0 Å². The summed E-state index contributed by atoms with van der Waals surface area (Å²) >= 11 is 0. The summed E-state index contributed by atoms with van der Waals surface area (Å²) < 4.78 is 9.09. The van der Waals surface area contributed by atoms with Crippen LogP contribution in [0.25, 0.3) is 10.9 Å². The third-order valence-electron chi connectivity index (χ3n) is 7.73. The minimum atomic E-state index is -0.731. The van der Waals surface area contributed by atoms with E-state index >= 15 is 0 Å². The van der Waals surface area contributed by atoms with Gasteiger partial charge in [-0.15, -0.1) is 5.10 Å². The zero-order valence-electron chi connectivity index (χ0n) is 25.3. The van der Waals surface area contributed by atoms with Crippen molar-refractivity contribution in [3.63, 3.8) is 0 Å². The number of anilines is 2. The van der Waals surface area contributed by atoms with E-state index in [1.165, 1.54) is 0 Å². The van der Waals surface area contributed by atoms with Crippen LogP contribution in [0.3, 0.4) is 0 Å². The summed E-state index contributed by atoms with van der Waals surface area (Å²) in [5.74, 6) is 0.361. The molecule has 15 heteroatoms. The van der Waals surface area contributed by atoms with Crippen LogP contribution in [-0.4, -0.2) is 74.4 Å². The van der Waals surface area contributed by atoms with Crippen LogP contribution in [0.5, 0.6) is 0 Å². The lowest BCUT2D eigenvalue weighted by atomic mass is 9.85. The van der Waals surface area contributed by atoms with Gasteiger partial charge in [0.15, 0.2) is 5.82 Å². The van der Waals surface area contributed by atoms with E-state index in [1.54, 1.807) is 56.1 Å². The fourth-order valence-electron chi connectivity index (χ4n) is 5.72. The summed E-state index contributed by atoms with van der Waals surface area (Å²) in [5.41, 5.74) is 1.53. The number of nitrogens with zero attached hydrogens (tertiary/aromatic N) is 10. The molecule has 0 bridgehead atoms. The molecule has 0 unspecified atom stereocenters. The predicted molar refractivity (Wildman–Crippen MR) is 164 cm³/mol. The average molecular weight is 611 g/mol. The molecule has 1 amide bonds. The predicted octanol–water partition coefficient (Wildman–Crippen LogP) is 3.39. The van der Waals surface area contributed by atoms with E-state index in [1.807, 2.05) is 39.0 Å². The van der Waals surface area contributed by atoms with Gasteiger partial charge >= 0.3 is 6.09 Å². The van der Waals surface area contributed by atoms with Gasteiger partial charge in [0.2, 0.25) is 0 Å². The standard InChI is InChI=1S/C30H34N12O3/c1-29(2,3)45-28(44)39-13-6-30(5-8-31,7-14-39)42-24-4-9-32-27(43)25(24)26(37-42)36-23-17-21(19-40-15-12-33-38-40)16-22(18-23)20-41-34-10-11-35-41/h4,9-12,15-18H,5-7,13-14,19-20H2,1-3H3,(H,32,43)(H,36,37). The smallest absolute Gasteiger partial charge is 0.410 e. The molecule has 0 radical (unpaired) electrons. The van der Waals surface area contributed by atoms with Gasteiger partial charge in [0.1, 0.15) is 11.0 Å². The number of benzene rings is 1. The average Bonchev–Trinajstić information content (AvgIpc) is 3.76. The highest BCUT2D eigenvalue weighted by Crippen LogP contribution is 2.38. The van der Waals surface area contributed by atoms with Gasteiger partial charge in [-0.25, -0.2) is 9.48 Å². The molecule has 0 aliphatic carbocycles. The first-order valence-corrected chi connectivity index (χ1v) is 14.7. The minimum absolute atomic E-state index is 0.159. The SMILES string of the molecule is CC(C)(C)OC(=O)N1CCC(CC#N)(n2nc(Nc3cc(Cn4ccnn4)cc(Cn4nccn4)c3)c3c(=O)[nH]ccc32)CC1. The Hall–Kier alpha value is -5.52. The van der Waals surface area contributed by atoms with Gasteiger partial charge in [0.25, 0.3) is 5.56 Å². The number of likely N-dealkylation sites (tertiary alicyclic amines) is 1. The Labute approximate surface area is 258 Å². The number of ether oxygens (including phenoxy) is 1. The summed E-state index contributed by atoms with van der Waals surface area (Å²) in [4.78, 5) is 32.1. The monoisotopic (exact) mass is 610 g/mol. The highest BCUT2D eigenvalue weighted by atomic mass is 16.6. The number of H-pyrrole nitrogens is 1. The van der Waals surface area contributed by atoms with E-state index in [-0.39, 0.29) is 18.1 Å². The first-order valence-electron chi connectivity index (χ1n) is 14.7. The zero-order valence-corrected chi connectivity index (χ0v) is 25.3. The molecule has 2 N–H and O–H groups in total. The number of carbonyl (C=O) groups is 1. The Morgan fingerprint density at radius 2 is 1.84 bits per heavy atom. The van der Waals surface area contributed by atoms with Crippen molar-refractivity contribution < 1.29 is 9.53 Å². The molecule has 5 heterocycles. The van der Waals surface area contributed by atoms with Crippen molar-refractivity contribution in [1.82, 2.24) is 49.7 Å². The van der Waals surface area contributed by atoms with Crippen LogP contribution < -0.4 is 10.9 Å². The molecule has 45 heavy (non-hydrogen) atoms. The summed E-state index contributed by atoms with van der Waals surface area (Å²) in [6.07, 6.45) is 8.95. The molecule has 1 aliphatic rings. The Kier molecular flexibility index (Phi) is 7.79. The molecule has 4 aromatic heterocycles. The molecule has 0 spiro atoms. The quantitative estimate of drug-likeness (QED) is 0.265. The topological polar surface area (TPSA) is 177 Å². The van der Waals surface area contributed by atoms with Crippen molar-refractivity contribution in [3.8, 4) is 6.07 Å². The third kappa shape index (κ3) is 6.40. The molecule has 1 aromatic carbocycles. The number of nitriles is 1. The van der Waals surface area contributed by atoms with Gasteiger partial charge in [-0.3, -0.25) is 9.48 Å². The molecule has 0 saturated carbocycles. The second-order valence-corrected chi connectivity index (χ2v) is 12.2. The molecule has 1 aliphatic heterocycles. The van der Waals surface area contributed by atoms with Gasteiger partial charge in [-0.1, -0.05) is 11.3 Å². The van der Waals surface area contributed by atoms with Crippen LogP contribution in [0.4, 0.5) is 16.3 Å². The van der Waals surface area contributed by atoms with Gasteiger partial charge < -0.3 is 19.9 Å². The summed E-state index contributed by atoms with van der Waals surface area (Å²) in [6.45, 7) is 7.18. The van der Waals surface area contributed by atoms with Crippen molar-refractivity contribution in [2.75, 3.05) is 18.4 Å². The highest BCUT2D eigenvalue weighted by molar-refractivity contribution is 5.91. The fraction of sp³-hybridized carbons (Fsp3) is 0.400. The number of aromatic amines is 1. The number of fused-ring (bicyclic) bond motifs is 1. The largest absolute Gasteiger partial charge is 0.444 e. The number of carbonyl (C=O) groups excluding carboxylic acids is 1. The fourth-order valence-corrected chi connectivity index (χ4v) is 5.72. The second-order valence-electron chi connectivity index (χ2n) is 12.2. The maximum atomic E-state index is 13.3. The Bertz CT molecular complexity index is 1830.